The second-order valence-electron chi connectivity index (χ2n) is 8.83. The van der Waals surface area contributed by atoms with Gasteiger partial charge in [-0.1, -0.05) is 0 Å². The van der Waals surface area contributed by atoms with Crippen LogP contribution in [0.1, 0.15) is 40.0 Å². The number of carbonyl (C=O) groups is 1. The first kappa shape index (κ1) is 19.4. The fourth-order valence-electron chi connectivity index (χ4n) is 4.30. The topological polar surface area (TPSA) is 88.8 Å². The first-order chi connectivity index (χ1) is 13.7. The van der Waals surface area contributed by atoms with Gasteiger partial charge < -0.3 is 9.64 Å². The van der Waals surface area contributed by atoms with E-state index < -0.39 is 10.5 Å². The van der Waals surface area contributed by atoms with Crippen LogP contribution < -0.4 is 4.90 Å². The Morgan fingerprint density at radius 1 is 1.17 bits per heavy atom. The van der Waals surface area contributed by atoms with Crippen molar-refractivity contribution in [3.8, 4) is 0 Å². The number of hydrogen-bond donors (Lipinski definition) is 0. The standard InChI is InChI=1S/C21H26N4O4/c1-21(2,3)29-20(26)24-16-5-4-6-17(24)13-23(12-16)19-10-7-14-11-15(25(27)28)8-9-18(14)22-19/h7-11,16-17H,4-6,12-13H2,1-3H3/t16-,17-/m0/s1. The third kappa shape index (κ3) is 3.97. The van der Waals surface area contributed by atoms with Gasteiger partial charge in [0, 0.05) is 30.6 Å². The van der Waals surface area contributed by atoms with Crippen LogP contribution >= 0.6 is 0 Å². The van der Waals surface area contributed by atoms with Crippen LogP contribution in [0.25, 0.3) is 10.9 Å². The molecule has 0 spiro atoms. The molecule has 0 saturated carbocycles. The summed E-state index contributed by atoms with van der Waals surface area (Å²) in [6.45, 7) is 7.09. The molecule has 0 N–H and O–H groups in total. The highest BCUT2D eigenvalue weighted by atomic mass is 16.6. The highest BCUT2D eigenvalue weighted by molar-refractivity contribution is 5.82. The van der Waals surface area contributed by atoms with Gasteiger partial charge in [0.15, 0.2) is 0 Å². The molecule has 1 amide bonds. The third-order valence-corrected chi connectivity index (χ3v) is 5.52. The Balaban J connectivity index is 1.56. The van der Waals surface area contributed by atoms with E-state index in [1.54, 1.807) is 12.1 Å². The maximum Gasteiger partial charge on any atom is 0.410 e. The number of piperazine rings is 1. The molecule has 2 atom stereocenters. The summed E-state index contributed by atoms with van der Waals surface area (Å²) >= 11 is 0. The van der Waals surface area contributed by atoms with Gasteiger partial charge in [-0.25, -0.2) is 9.78 Å². The van der Waals surface area contributed by atoms with Gasteiger partial charge in [0.2, 0.25) is 0 Å². The van der Waals surface area contributed by atoms with Gasteiger partial charge in [0.25, 0.3) is 5.69 Å². The Morgan fingerprint density at radius 3 is 2.48 bits per heavy atom. The minimum absolute atomic E-state index is 0.0626. The Kier molecular flexibility index (Phi) is 4.80. The zero-order chi connectivity index (χ0) is 20.8. The molecule has 1 aromatic heterocycles. The molecule has 2 bridgehead atoms. The number of rotatable bonds is 2. The summed E-state index contributed by atoms with van der Waals surface area (Å²) < 4.78 is 5.64. The molecule has 0 radical (unpaired) electrons. The van der Waals surface area contributed by atoms with Crippen molar-refractivity contribution >= 4 is 28.5 Å². The van der Waals surface area contributed by atoms with Crippen LogP contribution in [0.4, 0.5) is 16.3 Å². The number of benzene rings is 1. The summed E-state index contributed by atoms with van der Waals surface area (Å²) in [5.41, 5.74) is 0.283. The van der Waals surface area contributed by atoms with Crippen LogP contribution in [0, 0.1) is 10.1 Å². The Hall–Kier alpha value is -2.90. The lowest BCUT2D eigenvalue weighted by Gasteiger charge is -2.50. The average molecular weight is 398 g/mol. The first-order valence-electron chi connectivity index (χ1n) is 10.0. The van der Waals surface area contributed by atoms with Crippen LogP contribution in [0.15, 0.2) is 30.3 Å². The van der Waals surface area contributed by atoms with E-state index in [2.05, 4.69) is 4.90 Å². The normalized spacial score (nSPS) is 21.9. The highest BCUT2D eigenvalue weighted by Gasteiger charge is 2.42. The predicted molar refractivity (Wildman–Crippen MR) is 110 cm³/mol. The minimum atomic E-state index is -0.509. The molecule has 1 aromatic carbocycles. The number of hydrogen-bond acceptors (Lipinski definition) is 6. The molecule has 8 heteroatoms. The number of non-ortho nitro benzene ring substituents is 1. The number of piperidine rings is 1. The number of aromatic nitrogens is 1. The zero-order valence-electron chi connectivity index (χ0n) is 17.0. The average Bonchev–Trinajstić information content (AvgIpc) is 2.64. The van der Waals surface area contributed by atoms with E-state index in [1.807, 2.05) is 37.8 Å². The van der Waals surface area contributed by atoms with E-state index in [-0.39, 0.29) is 23.9 Å². The molecule has 29 heavy (non-hydrogen) atoms. The molecule has 2 saturated heterocycles. The molecule has 0 unspecified atom stereocenters. The second-order valence-corrected chi connectivity index (χ2v) is 8.83. The lowest BCUT2D eigenvalue weighted by Crippen LogP contribution is -2.63. The number of carbonyl (C=O) groups excluding carboxylic acids is 1. The number of pyridine rings is 1. The molecule has 8 nitrogen and oxygen atoms in total. The van der Waals surface area contributed by atoms with Gasteiger partial charge >= 0.3 is 6.09 Å². The van der Waals surface area contributed by atoms with Gasteiger partial charge in [-0.05, 0) is 58.2 Å². The van der Waals surface area contributed by atoms with Crippen LogP contribution in [-0.2, 0) is 4.74 Å². The molecular weight excluding hydrogens is 372 g/mol. The molecule has 2 fully saturated rings. The summed E-state index contributed by atoms with van der Waals surface area (Å²) in [6, 6.07) is 8.70. The van der Waals surface area contributed by atoms with Crippen molar-refractivity contribution in [2.75, 3.05) is 18.0 Å². The van der Waals surface area contributed by atoms with Crippen molar-refractivity contribution < 1.29 is 14.5 Å². The van der Waals surface area contributed by atoms with Crippen molar-refractivity contribution in [1.82, 2.24) is 9.88 Å². The summed E-state index contributed by atoms with van der Waals surface area (Å²) in [5, 5.41) is 11.7. The van der Waals surface area contributed by atoms with Crippen molar-refractivity contribution in [2.45, 2.75) is 57.7 Å². The van der Waals surface area contributed by atoms with E-state index in [0.29, 0.717) is 13.1 Å². The second kappa shape index (κ2) is 7.17. The van der Waals surface area contributed by atoms with Gasteiger partial charge in [-0.15, -0.1) is 0 Å². The summed E-state index contributed by atoms with van der Waals surface area (Å²) in [5.74, 6) is 0.840. The molecular formula is C21H26N4O4. The Morgan fingerprint density at radius 2 is 1.86 bits per heavy atom. The number of nitro groups is 1. The SMILES string of the molecule is CC(C)(C)OC(=O)N1[C@H]2CCC[C@H]1CN(c1ccc3cc([N+](=O)[O-])ccc3n1)C2. The maximum absolute atomic E-state index is 12.7. The monoisotopic (exact) mass is 398 g/mol. The van der Waals surface area contributed by atoms with E-state index >= 15 is 0 Å². The van der Waals surface area contributed by atoms with Gasteiger partial charge in [0.1, 0.15) is 11.4 Å². The smallest absolute Gasteiger partial charge is 0.410 e. The number of nitrogens with zero attached hydrogens (tertiary/aromatic N) is 4. The summed E-state index contributed by atoms with van der Waals surface area (Å²) in [7, 11) is 0. The first-order valence-corrected chi connectivity index (χ1v) is 10.0. The molecule has 0 aliphatic carbocycles. The van der Waals surface area contributed by atoms with E-state index in [4.69, 9.17) is 9.72 Å². The molecule has 154 valence electrons. The van der Waals surface area contributed by atoms with Crippen LogP contribution in [0.3, 0.4) is 0 Å². The fraction of sp³-hybridized carbons (Fsp3) is 0.524. The summed E-state index contributed by atoms with van der Waals surface area (Å²) in [4.78, 5) is 32.2. The minimum Gasteiger partial charge on any atom is -0.444 e. The number of amides is 1. The zero-order valence-corrected chi connectivity index (χ0v) is 17.0. The lowest BCUT2D eigenvalue weighted by molar-refractivity contribution is -0.384. The Labute approximate surface area is 169 Å². The fourth-order valence-corrected chi connectivity index (χ4v) is 4.30. The van der Waals surface area contributed by atoms with E-state index in [0.717, 1.165) is 36.0 Å². The molecule has 2 aliphatic rings. The number of anilines is 1. The Bertz CT molecular complexity index is 941. The molecule has 3 heterocycles. The van der Waals surface area contributed by atoms with Crippen molar-refractivity contribution in [2.24, 2.45) is 0 Å². The van der Waals surface area contributed by atoms with Crippen molar-refractivity contribution in [3.05, 3.63) is 40.4 Å². The van der Waals surface area contributed by atoms with Crippen molar-refractivity contribution in [3.63, 3.8) is 0 Å². The lowest BCUT2D eigenvalue weighted by atomic mass is 9.91. The number of ether oxygens (including phenoxy) is 1. The third-order valence-electron chi connectivity index (χ3n) is 5.52. The molecule has 2 aromatic rings. The van der Waals surface area contributed by atoms with E-state index in [9.17, 15) is 14.9 Å². The van der Waals surface area contributed by atoms with Crippen molar-refractivity contribution in [1.29, 1.82) is 0 Å². The highest BCUT2D eigenvalue weighted by Crippen LogP contribution is 2.33. The van der Waals surface area contributed by atoms with Gasteiger partial charge in [-0.2, -0.15) is 0 Å². The molecule has 4 rings (SSSR count). The maximum atomic E-state index is 12.7. The molecule has 2 aliphatic heterocycles. The number of fused-ring (bicyclic) bond motifs is 3. The van der Waals surface area contributed by atoms with Crippen LogP contribution in [-0.4, -0.2) is 51.7 Å². The van der Waals surface area contributed by atoms with E-state index in [1.165, 1.54) is 6.07 Å². The van der Waals surface area contributed by atoms with Gasteiger partial charge in [0.05, 0.1) is 22.5 Å². The summed E-state index contributed by atoms with van der Waals surface area (Å²) in [6.07, 6.45) is 2.78. The quantitative estimate of drug-likeness (QED) is 0.558. The van der Waals surface area contributed by atoms with Gasteiger partial charge in [-0.3, -0.25) is 15.0 Å². The van der Waals surface area contributed by atoms with Crippen LogP contribution in [0.2, 0.25) is 0 Å². The predicted octanol–water partition coefficient (Wildman–Crippen LogP) is 4.12. The van der Waals surface area contributed by atoms with Crippen LogP contribution in [0.5, 0.6) is 0 Å². The number of nitro benzene ring substituents is 1. The largest absolute Gasteiger partial charge is 0.444 e.